The van der Waals surface area contributed by atoms with Crippen molar-refractivity contribution in [2.45, 2.75) is 76.4 Å². The van der Waals surface area contributed by atoms with Gasteiger partial charge in [-0.25, -0.2) is 0 Å². The highest BCUT2D eigenvalue weighted by Gasteiger charge is 2.29. The molecule has 0 bridgehead atoms. The third-order valence-electron chi connectivity index (χ3n) is 5.62. The molecule has 1 aliphatic heterocycles. The largest absolute Gasteiger partial charge is 0.379 e. The van der Waals surface area contributed by atoms with Crippen molar-refractivity contribution in [2.24, 2.45) is 10.2 Å². The van der Waals surface area contributed by atoms with Crippen LogP contribution in [-0.2, 0) is 14.9 Å². The maximum absolute atomic E-state index is 12.9. The van der Waals surface area contributed by atoms with E-state index < -0.39 is 10.1 Å². The van der Waals surface area contributed by atoms with Crippen LogP contribution in [0.25, 0.3) is 0 Å². The van der Waals surface area contributed by atoms with Crippen molar-refractivity contribution < 1.29 is 17.4 Å². The van der Waals surface area contributed by atoms with Crippen LogP contribution in [0.4, 0.5) is 0 Å². The number of nitrogens with one attached hydrogen (secondary N) is 1. The van der Waals surface area contributed by atoms with Gasteiger partial charge in [0.25, 0.3) is 0 Å². The molecule has 1 saturated heterocycles. The van der Waals surface area contributed by atoms with Gasteiger partial charge in [-0.05, 0) is 56.0 Å². The Bertz CT molecular complexity index is 1200. The normalized spacial score (nSPS) is 17.3. The number of thioether (sulfide) groups is 1. The minimum Gasteiger partial charge on any atom is -0.379 e. The number of aryl methyl sites for hydroxylation is 3. The summed E-state index contributed by atoms with van der Waals surface area (Å²) in [5, 5.41) is 11.3. The number of unbranched alkanes of at least 4 members (excludes halogenated alkanes) is 4. The molecular weight excluding hydrogens is 482 g/mol. The molecule has 3 rings (SSSR count). The van der Waals surface area contributed by atoms with Crippen molar-refractivity contribution in [1.82, 2.24) is 5.32 Å². The number of rotatable bonds is 11. The summed E-state index contributed by atoms with van der Waals surface area (Å²) >= 11 is 1.40. The molecule has 35 heavy (non-hydrogen) atoms. The maximum Gasteiger partial charge on any atom is 0.339 e. The zero-order valence-electron chi connectivity index (χ0n) is 20.7. The molecule has 0 radical (unpaired) electrons. The number of benzene rings is 2. The van der Waals surface area contributed by atoms with E-state index in [4.69, 9.17) is 4.18 Å². The first-order valence-corrected chi connectivity index (χ1v) is 14.2. The van der Waals surface area contributed by atoms with Gasteiger partial charge in [-0.1, -0.05) is 80.6 Å². The fraction of sp³-hybridized carbons (Fsp3) is 0.423. The zero-order valence-corrected chi connectivity index (χ0v) is 22.3. The molecular formula is C26H33N3O4S2. The summed E-state index contributed by atoms with van der Waals surface area (Å²) in [5.41, 5.74) is 2.91. The summed E-state index contributed by atoms with van der Waals surface area (Å²) in [6.45, 7) is 7.63. The summed E-state index contributed by atoms with van der Waals surface area (Å²) in [5.74, 6) is 0.161. The molecule has 1 atom stereocenters. The Labute approximate surface area is 212 Å². The fourth-order valence-corrected chi connectivity index (χ4v) is 6.42. The van der Waals surface area contributed by atoms with Gasteiger partial charge in [-0.2, -0.15) is 13.5 Å². The second-order valence-electron chi connectivity index (χ2n) is 8.79. The standard InChI is InChI=1S/C26H33N3O4S2/c1-5-6-7-8-9-13-23-25(30)28-26(34-23)29-27-17-21-11-10-12-22(16-21)33-35(31,32)24-19(3)14-18(2)15-20(24)4/h10-12,14-17,23H,5-9,13H2,1-4H3,(H,28,29,30)/b27-17-/t23-/m0/s1. The molecule has 1 aliphatic rings. The summed E-state index contributed by atoms with van der Waals surface area (Å²) in [6, 6.07) is 10.3. The first kappa shape index (κ1) is 26.9. The quantitative estimate of drug-likeness (QED) is 0.180. The first-order chi connectivity index (χ1) is 16.7. The fourth-order valence-electron chi connectivity index (χ4n) is 4.10. The second-order valence-corrected chi connectivity index (χ2v) is 11.5. The van der Waals surface area contributed by atoms with Gasteiger partial charge in [0.15, 0.2) is 5.17 Å². The van der Waals surface area contributed by atoms with Crippen LogP contribution in [0.15, 0.2) is 51.5 Å². The van der Waals surface area contributed by atoms with E-state index in [-0.39, 0.29) is 21.8 Å². The lowest BCUT2D eigenvalue weighted by Crippen LogP contribution is -2.24. The molecule has 1 heterocycles. The molecule has 1 N–H and O–H groups in total. The van der Waals surface area contributed by atoms with E-state index in [1.807, 2.05) is 19.1 Å². The van der Waals surface area contributed by atoms with E-state index >= 15 is 0 Å². The highest BCUT2D eigenvalue weighted by atomic mass is 32.2. The molecule has 0 saturated carbocycles. The van der Waals surface area contributed by atoms with Crippen LogP contribution in [0.2, 0.25) is 0 Å². The van der Waals surface area contributed by atoms with E-state index in [1.54, 1.807) is 38.1 Å². The lowest BCUT2D eigenvalue weighted by molar-refractivity contribution is -0.118. The monoisotopic (exact) mass is 515 g/mol. The molecule has 0 aromatic heterocycles. The van der Waals surface area contributed by atoms with Crippen LogP contribution < -0.4 is 9.50 Å². The second kappa shape index (κ2) is 12.4. The lowest BCUT2D eigenvalue weighted by atomic mass is 10.1. The van der Waals surface area contributed by atoms with E-state index in [9.17, 15) is 13.2 Å². The lowest BCUT2D eigenvalue weighted by Gasteiger charge is -2.13. The van der Waals surface area contributed by atoms with Gasteiger partial charge < -0.3 is 9.50 Å². The van der Waals surface area contributed by atoms with Crippen molar-refractivity contribution in [3.05, 3.63) is 58.7 Å². The predicted octanol–water partition coefficient (Wildman–Crippen LogP) is 5.66. The minimum absolute atomic E-state index is 0.0262. The van der Waals surface area contributed by atoms with E-state index in [0.717, 1.165) is 24.8 Å². The van der Waals surface area contributed by atoms with Crippen molar-refractivity contribution in [2.75, 3.05) is 0 Å². The molecule has 1 fully saturated rings. The van der Waals surface area contributed by atoms with Crippen molar-refractivity contribution >= 4 is 39.2 Å². The number of hydrogen-bond acceptors (Lipinski definition) is 7. The van der Waals surface area contributed by atoms with Gasteiger partial charge in [-0.3, -0.25) is 4.79 Å². The van der Waals surface area contributed by atoms with Gasteiger partial charge in [0, 0.05) is 0 Å². The summed E-state index contributed by atoms with van der Waals surface area (Å²) in [7, 11) is -3.99. The van der Waals surface area contributed by atoms with Crippen molar-refractivity contribution in [3.63, 3.8) is 0 Å². The van der Waals surface area contributed by atoms with Crippen LogP contribution in [0.3, 0.4) is 0 Å². The van der Waals surface area contributed by atoms with Crippen LogP contribution in [0.5, 0.6) is 5.75 Å². The van der Waals surface area contributed by atoms with Gasteiger partial charge in [0.2, 0.25) is 5.91 Å². The van der Waals surface area contributed by atoms with Gasteiger partial charge >= 0.3 is 10.1 Å². The Morgan fingerprint density at radius 2 is 1.77 bits per heavy atom. The van der Waals surface area contributed by atoms with Crippen LogP contribution in [0, 0.1) is 20.8 Å². The number of amidine groups is 1. The highest BCUT2D eigenvalue weighted by molar-refractivity contribution is 8.15. The number of amides is 1. The Kier molecular flexibility index (Phi) is 9.51. The smallest absolute Gasteiger partial charge is 0.339 e. The Balaban J connectivity index is 1.62. The van der Waals surface area contributed by atoms with Crippen molar-refractivity contribution in [3.8, 4) is 5.75 Å². The topological polar surface area (TPSA) is 97.2 Å². The van der Waals surface area contributed by atoms with Gasteiger partial charge in [0.05, 0.1) is 11.5 Å². The molecule has 0 unspecified atom stereocenters. The summed E-state index contributed by atoms with van der Waals surface area (Å²) in [4.78, 5) is 12.3. The SMILES string of the molecule is CCCCCCC[C@@H]1S/C(=N\N=C/c2cccc(OS(=O)(=O)c3c(C)cc(C)cc3C)c2)NC1=O. The van der Waals surface area contributed by atoms with Crippen molar-refractivity contribution in [1.29, 1.82) is 0 Å². The van der Waals surface area contributed by atoms with Crippen LogP contribution in [0.1, 0.15) is 67.7 Å². The molecule has 0 spiro atoms. The number of carbonyl (C=O) groups is 1. The van der Waals surface area contributed by atoms with Gasteiger partial charge in [-0.15, -0.1) is 5.10 Å². The van der Waals surface area contributed by atoms with E-state index in [0.29, 0.717) is 21.9 Å². The maximum atomic E-state index is 12.9. The molecule has 188 valence electrons. The number of carbonyl (C=O) groups excluding carboxylic acids is 1. The third-order valence-corrected chi connectivity index (χ3v) is 8.32. The summed E-state index contributed by atoms with van der Waals surface area (Å²) < 4.78 is 31.3. The first-order valence-electron chi connectivity index (χ1n) is 11.9. The predicted molar refractivity (Wildman–Crippen MR) is 143 cm³/mol. The molecule has 2 aromatic rings. The molecule has 0 aliphatic carbocycles. The Morgan fingerprint density at radius 3 is 2.49 bits per heavy atom. The Morgan fingerprint density at radius 1 is 1.06 bits per heavy atom. The molecule has 9 heteroatoms. The minimum atomic E-state index is -3.99. The zero-order chi connectivity index (χ0) is 25.4. The Hall–Kier alpha value is -2.65. The number of nitrogens with zero attached hydrogens (tertiary/aromatic N) is 2. The average Bonchev–Trinajstić information content (AvgIpc) is 3.11. The molecule has 7 nitrogen and oxygen atoms in total. The summed E-state index contributed by atoms with van der Waals surface area (Å²) in [6.07, 6.45) is 8.13. The average molecular weight is 516 g/mol. The van der Waals surface area contributed by atoms with Gasteiger partial charge in [0.1, 0.15) is 10.6 Å². The van der Waals surface area contributed by atoms with Crippen LogP contribution >= 0.6 is 11.8 Å². The van der Waals surface area contributed by atoms with E-state index in [1.165, 1.54) is 37.2 Å². The van der Waals surface area contributed by atoms with Crippen LogP contribution in [-0.4, -0.2) is 31.0 Å². The number of hydrogen-bond donors (Lipinski definition) is 1. The molecule has 2 aromatic carbocycles. The van der Waals surface area contributed by atoms with E-state index in [2.05, 4.69) is 22.4 Å². The third kappa shape index (κ3) is 7.67. The highest BCUT2D eigenvalue weighted by Crippen LogP contribution is 2.27. The molecule has 1 amide bonds.